The third kappa shape index (κ3) is 2.00. The summed E-state index contributed by atoms with van der Waals surface area (Å²) in [5, 5.41) is 16.3. The minimum Gasteiger partial charge on any atom is -0.476 e. The molecule has 1 aromatic heterocycles. The van der Waals surface area contributed by atoms with Crippen molar-refractivity contribution < 1.29 is 9.90 Å². The summed E-state index contributed by atoms with van der Waals surface area (Å²) in [6.45, 7) is 0. The average Bonchev–Trinajstić information content (AvgIpc) is 2.70. The molecule has 0 aliphatic rings. The molecule has 0 amide bonds. The van der Waals surface area contributed by atoms with Crippen LogP contribution < -0.4 is 0 Å². The predicted molar refractivity (Wildman–Crippen MR) is 63.7 cm³/mol. The van der Waals surface area contributed by atoms with E-state index in [1.54, 1.807) is 12.1 Å². The fourth-order valence-electron chi connectivity index (χ4n) is 1.21. The van der Waals surface area contributed by atoms with Gasteiger partial charge in [-0.15, -0.1) is 5.10 Å². The third-order valence-electron chi connectivity index (χ3n) is 1.90. The Kier molecular flexibility index (Phi) is 3.06. The third-order valence-corrected chi connectivity index (χ3v) is 3.07. The fraction of sp³-hybridized carbons (Fsp3) is 0. The van der Waals surface area contributed by atoms with Crippen molar-refractivity contribution in [1.29, 1.82) is 0 Å². The highest BCUT2D eigenvalue weighted by molar-refractivity contribution is 9.11. The van der Waals surface area contributed by atoms with Gasteiger partial charge in [-0.25, -0.2) is 9.48 Å². The maximum absolute atomic E-state index is 10.9. The van der Waals surface area contributed by atoms with Crippen LogP contribution in [-0.2, 0) is 0 Å². The van der Waals surface area contributed by atoms with E-state index in [4.69, 9.17) is 5.11 Å². The van der Waals surface area contributed by atoms with Crippen LogP contribution in [0.4, 0.5) is 0 Å². The lowest BCUT2D eigenvalue weighted by Crippen LogP contribution is -2.08. The summed E-state index contributed by atoms with van der Waals surface area (Å²) < 4.78 is 2.83. The highest BCUT2D eigenvalue weighted by Crippen LogP contribution is 2.25. The van der Waals surface area contributed by atoms with E-state index in [-0.39, 0.29) is 5.69 Å². The fourth-order valence-corrected chi connectivity index (χ4v) is 1.97. The lowest BCUT2D eigenvalue weighted by molar-refractivity contribution is 0.0687. The lowest BCUT2D eigenvalue weighted by atomic mass is 10.3. The second-order valence-corrected chi connectivity index (χ2v) is 4.70. The minimum absolute atomic E-state index is 0.0128. The predicted octanol–water partition coefficient (Wildman–Crippen LogP) is 2.49. The molecule has 0 fully saturated rings. The van der Waals surface area contributed by atoms with Gasteiger partial charge >= 0.3 is 5.97 Å². The second-order valence-electron chi connectivity index (χ2n) is 2.93. The Morgan fingerprint density at radius 2 is 2.12 bits per heavy atom. The van der Waals surface area contributed by atoms with E-state index in [0.717, 1.165) is 8.95 Å². The molecule has 1 aromatic carbocycles. The van der Waals surface area contributed by atoms with E-state index in [1.165, 1.54) is 10.9 Å². The van der Waals surface area contributed by atoms with Crippen LogP contribution in [0.3, 0.4) is 0 Å². The molecular formula is C9H5Br2N3O2. The molecule has 1 heterocycles. The Morgan fingerprint density at radius 3 is 2.81 bits per heavy atom. The SMILES string of the molecule is O=C(O)c1cnnn1-c1cc(Br)ccc1Br. The number of benzene rings is 1. The van der Waals surface area contributed by atoms with Gasteiger partial charge in [-0.2, -0.15) is 0 Å². The minimum atomic E-state index is -1.07. The average molecular weight is 347 g/mol. The number of carboxylic acids is 1. The molecule has 0 saturated heterocycles. The molecule has 1 N–H and O–H groups in total. The van der Waals surface area contributed by atoms with Gasteiger partial charge in [0, 0.05) is 8.95 Å². The van der Waals surface area contributed by atoms with Gasteiger partial charge in [0.15, 0.2) is 5.69 Å². The molecule has 0 atom stereocenters. The molecule has 2 aromatic rings. The molecule has 0 aliphatic carbocycles. The van der Waals surface area contributed by atoms with Gasteiger partial charge in [-0.1, -0.05) is 21.1 Å². The zero-order chi connectivity index (χ0) is 11.7. The normalized spacial score (nSPS) is 10.4. The number of rotatable bonds is 2. The van der Waals surface area contributed by atoms with E-state index in [0.29, 0.717) is 5.69 Å². The molecule has 0 bridgehead atoms. The van der Waals surface area contributed by atoms with E-state index in [9.17, 15) is 4.79 Å². The van der Waals surface area contributed by atoms with Crippen molar-refractivity contribution in [3.05, 3.63) is 39.0 Å². The highest BCUT2D eigenvalue weighted by Gasteiger charge is 2.15. The van der Waals surface area contributed by atoms with E-state index in [1.807, 2.05) is 6.07 Å². The molecule has 5 nitrogen and oxygen atoms in total. The first-order valence-electron chi connectivity index (χ1n) is 4.19. The highest BCUT2D eigenvalue weighted by atomic mass is 79.9. The number of hydrogen-bond donors (Lipinski definition) is 1. The largest absolute Gasteiger partial charge is 0.476 e. The van der Waals surface area contributed by atoms with Crippen molar-refractivity contribution >= 4 is 37.8 Å². The van der Waals surface area contributed by atoms with E-state index < -0.39 is 5.97 Å². The van der Waals surface area contributed by atoms with Crippen LogP contribution in [0.1, 0.15) is 10.5 Å². The van der Waals surface area contributed by atoms with Crippen LogP contribution in [-0.4, -0.2) is 26.1 Å². The maximum atomic E-state index is 10.9. The molecule has 7 heteroatoms. The molecule has 0 spiro atoms. The molecule has 2 rings (SSSR count). The summed E-state index contributed by atoms with van der Waals surface area (Å²) in [6.07, 6.45) is 1.20. The maximum Gasteiger partial charge on any atom is 0.356 e. The number of hydrogen-bond acceptors (Lipinski definition) is 3. The summed E-state index contributed by atoms with van der Waals surface area (Å²) >= 11 is 6.65. The first-order valence-corrected chi connectivity index (χ1v) is 5.77. The number of aromatic nitrogens is 3. The van der Waals surface area contributed by atoms with Crippen LogP contribution >= 0.6 is 31.9 Å². The molecule has 0 radical (unpaired) electrons. The van der Waals surface area contributed by atoms with Crippen molar-refractivity contribution in [1.82, 2.24) is 15.0 Å². The summed E-state index contributed by atoms with van der Waals surface area (Å²) in [6, 6.07) is 5.39. The van der Waals surface area contributed by atoms with Crippen molar-refractivity contribution in [2.24, 2.45) is 0 Å². The first-order chi connectivity index (χ1) is 7.59. The van der Waals surface area contributed by atoms with Gasteiger partial charge < -0.3 is 5.11 Å². The Labute approximate surface area is 107 Å². The van der Waals surface area contributed by atoms with Gasteiger partial charge in [0.1, 0.15) is 0 Å². The summed E-state index contributed by atoms with van der Waals surface area (Å²) in [4.78, 5) is 10.9. The quantitative estimate of drug-likeness (QED) is 0.907. The topological polar surface area (TPSA) is 68.0 Å². The number of carboxylic acid groups (broad SMARTS) is 1. The van der Waals surface area contributed by atoms with Gasteiger partial charge in [-0.05, 0) is 34.1 Å². The Balaban J connectivity index is 2.62. The molecule has 0 saturated carbocycles. The van der Waals surface area contributed by atoms with Crippen molar-refractivity contribution in [3.63, 3.8) is 0 Å². The number of aromatic carboxylic acids is 1. The number of halogens is 2. The van der Waals surface area contributed by atoms with Gasteiger partial charge in [-0.3, -0.25) is 0 Å². The van der Waals surface area contributed by atoms with Crippen LogP contribution in [0.2, 0.25) is 0 Å². The van der Waals surface area contributed by atoms with Gasteiger partial charge in [0.25, 0.3) is 0 Å². The van der Waals surface area contributed by atoms with Crippen LogP contribution in [0.5, 0.6) is 0 Å². The number of carbonyl (C=O) groups is 1. The second kappa shape index (κ2) is 4.34. The van der Waals surface area contributed by atoms with Crippen LogP contribution in [0.15, 0.2) is 33.3 Å². The zero-order valence-corrected chi connectivity index (χ0v) is 10.9. The molecular weight excluding hydrogens is 342 g/mol. The van der Waals surface area contributed by atoms with E-state index >= 15 is 0 Å². The van der Waals surface area contributed by atoms with Crippen molar-refractivity contribution in [3.8, 4) is 5.69 Å². The van der Waals surface area contributed by atoms with E-state index in [2.05, 4.69) is 42.2 Å². The first kappa shape index (κ1) is 11.3. The van der Waals surface area contributed by atoms with Crippen LogP contribution in [0.25, 0.3) is 5.69 Å². The zero-order valence-electron chi connectivity index (χ0n) is 7.76. The Bertz CT molecular complexity index is 553. The Morgan fingerprint density at radius 1 is 1.38 bits per heavy atom. The lowest BCUT2D eigenvalue weighted by Gasteiger charge is -2.06. The molecule has 0 unspecified atom stereocenters. The van der Waals surface area contributed by atoms with Crippen molar-refractivity contribution in [2.45, 2.75) is 0 Å². The van der Waals surface area contributed by atoms with Gasteiger partial charge in [0.2, 0.25) is 0 Å². The Hall–Kier alpha value is -1.21. The molecule has 82 valence electrons. The molecule has 0 aliphatic heterocycles. The molecule has 16 heavy (non-hydrogen) atoms. The number of nitrogens with zero attached hydrogens (tertiary/aromatic N) is 3. The summed E-state index contributed by atoms with van der Waals surface area (Å²) in [7, 11) is 0. The monoisotopic (exact) mass is 345 g/mol. The van der Waals surface area contributed by atoms with Gasteiger partial charge in [0.05, 0.1) is 11.9 Å². The smallest absolute Gasteiger partial charge is 0.356 e. The standard InChI is InChI=1S/C9H5Br2N3O2/c10-5-1-2-6(11)7(3-5)14-8(9(15)16)4-12-13-14/h1-4H,(H,15,16). The summed E-state index contributed by atoms with van der Waals surface area (Å²) in [5.41, 5.74) is 0.628. The summed E-state index contributed by atoms with van der Waals surface area (Å²) in [5.74, 6) is -1.07. The van der Waals surface area contributed by atoms with Crippen molar-refractivity contribution in [2.75, 3.05) is 0 Å². The van der Waals surface area contributed by atoms with Crippen LogP contribution in [0, 0.1) is 0 Å².